The van der Waals surface area contributed by atoms with Gasteiger partial charge in [-0.1, -0.05) is 53.9 Å². The van der Waals surface area contributed by atoms with Gasteiger partial charge in [0.15, 0.2) is 5.41 Å². The van der Waals surface area contributed by atoms with Gasteiger partial charge in [-0.05, 0) is 31.6 Å². The van der Waals surface area contributed by atoms with E-state index in [1.54, 1.807) is 27.7 Å². The Morgan fingerprint density at radius 1 is 1.10 bits per heavy atom. The van der Waals surface area contributed by atoms with Crippen LogP contribution in [-0.2, 0) is 14.3 Å². The van der Waals surface area contributed by atoms with E-state index >= 15 is 0 Å². The summed E-state index contributed by atoms with van der Waals surface area (Å²) in [4.78, 5) is 24.2. The van der Waals surface area contributed by atoms with E-state index in [4.69, 9.17) is 4.74 Å². The van der Waals surface area contributed by atoms with Crippen LogP contribution in [0.2, 0.25) is 0 Å². The molecule has 0 amide bonds. The van der Waals surface area contributed by atoms with Crippen molar-refractivity contribution in [3.05, 3.63) is 0 Å². The summed E-state index contributed by atoms with van der Waals surface area (Å²) < 4.78 is 5.46. The fraction of sp³-hybridized carbons (Fsp3) is 0.882. The molecule has 124 valence electrons. The van der Waals surface area contributed by atoms with Crippen molar-refractivity contribution in [3.8, 4) is 0 Å². The van der Waals surface area contributed by atoms with Gasteiger partial charge in [0, 0.05) is 0 Å². The molecule has 2 unspecified atom stereocenters. The molecule has 2 atom stereocenters. The molecule has 4 nitrogen and oxygen atoms in total. The second-order valence-corrected chi connectivity index (χ2v) is 6.88. The number of hydrogen-bond acceptors (Lipinski definition) is 3. The third kappa shape index (κ3) is 5.01. The van der Waals surface area contributed by atoms with Crippen LogP contribution < -0.4 is 0 Å². The minimum Gasteiger partial charge on any atom is -0.480 e. The van der Waals surface area contributed by atoms with E-state index in [0.717, 1.165) is 25.7 Å². The summed E-state index contributed by atoms with van der Waals surface area (Å²) in [6, 6.07) is 0. The summed E-state index contributed by atoms with van der Waals surface area (Å²) >= 11 is 0. The molecule has 0 saturated carbocycles. The molecule has 0 rings (SSSR count). The van der Waals surface area contributed by atoms with Crippen LogP contribution in [0.15, 0.2) is 0 Å². The largest absolute Gasteiger partial charge is 0.480 e. The van der Waals surface area contributed by atoms with Crippen molar-refractivity contribution in [3.63, 3.8) is 0 Å². The Balaban J connectivity index is 4.81. The van der Waals surface area contributed by atoms with Gasteiger partial charge in [-0.25, -0.2) is 0 Å². The number of unbranched alkanes of at least 4 members (excludes halogenated alkanes) is 3. The Morgan fingerprint density at radius 2 is 1.67 bits per heavy atom. The van der Waals surface area contributed by atoms with Gasteiger partial charge in [0.1, 0.15) is 0 Å². The molecule has 0 aliphatic heterocycles. The summed E-state index contributed by atoms with van der Waals surface area (Å²) in [5.74, 6) is -1.70. The second-order valence-electron chi connectivity index (χ2n) is 6.88. The molecule has 0 bridgehead atoms. The second kappa shape index (κ2) is 8.40. The fourth-order valence-corrected chi connectivity index (χ4v) is 2.74. The van der Waals surface area contributed by atoms with E-state index in [1.807, 2.05) is 6.92 Å². The van der Waals surface area contributed by atoms with Crippen molar-refractivity contribution >= 4 is 11.9 Å². The van der Waals surface area contributed by atoms with Crippen LogP contribution in [0.1, 0.15) is 80.1 Å². The summed E-state index contributed by atoms with van der Waals surface area (Å²) in [6.45, 7) is 11.0. The topological polar surface area (TPSA) is 63.6 Å². The first-order chi connectivity index (χ1) is 9.63. The van der Waals surface area contributed by atoms with Crippen LogP contribution in [0.5, 0.6) is 0 Å². The molecule has 0 heterocycles. The molecular weight excluding hydrogens is 268 g/mol. The highest BCUT2D eigenvalue weighted by Crippen LogP contribution is 2.43. The van der Waals surface area contributed by atoms with Crippen LogP contribution in [-0.4, -0.2) is 23.1 Å². The number of carbonyl (C=O) groups excluding carboxylic acids is 1. The maximum atomic E-state index is 12.5. The number of rotatable bonds is 9. The first-order valence-corrected chi connectivity index (χ1v) is 8.08. The Hall–Kier alpha value is -1.06. The SMILES string of the molecule is CCCCCCC(C)OC(=O)C(CC)(C(=O)O)C(C)(C)C. The standard InChI is InChI=1S/C17H32O4/c1-7-9-10-11-12-13(3)21-15(20)17(8-2,14(18)19)16(4,5)6/h13H,7-12H2,1-6H3,(H,18,19). The van der Waals surface area contributed by atoms with E-state index in [9.17, 15) is 14.7 Å². The van der Waals surface area contributed by atoms with Gasteiger partial charge in [-0.3, -0.25) is 9.59 Å². The average Bonchev–Trinajstić information content (AvgIpc) is 2.33. The molecule has 0 fully saturated rings. The minimum absolute atomic E-state index is 0.229. The maximum Gasteiger partial charge on any atom is 0.324 e. The molecule has 1 N–H and O–H groups in total. The zero-order valence-corrected chi connectivity index (χ0v) is 14.5. The number of carboxylic acids is 1. The number of carboxylic acid groups (broad SMARTS) is 1. The van der Waals surface area contributed by atoms with E-state index in [0.29, 0.717) is 0 Å². The third-order valence-electron chi connectivity index (χ3n) is 4.30. The summed E-state index contributed by atoms with van der Waals surface area (Å²) in [5.41, 5.74) is -2.17. The number of aliphatic carboxylic acids is 1. The average molecular weight is 300 g/mol. The van der Waals surface area contributed by atoms with Gasteiger partial charge in [-0.15, -0.1) is 0 Å². The highest BCUT2D eigenvalue weighted by atomic mass is 16.5. The number of hydrogen-bond donors (Lipinski definition) is 1. The number of carbonyl (C=O) groups is 2. The van der Waals surface area contributed by atoms with Crippen LogP contribution in [0, 0.1) is 10.8 Å². The van der Waals surface area contributed by atoms with Crippen LogP contribution >= 0.6 is 0 Å². The van der Waals surface area contributed by atoms with Gasteiger partial charge in [-0.2, -0.15) is 0 Å². The molecule has 0 aliphatic rings. The zero-order valence-electron chi connectivity index (χ0n) is 14.5. The predicted octanol–water partition coefficient (Wildman–Crippen LogP) is 4.42. The molecule has 0 saturated heterocycles. The molecule has 0 aliphatic carbocycles. The Kier molecular flexibility index (Phi) is 7.98. The highest BCUT2D eigenvalue weighted by Gasteiger charge is 2.55. The highest BCUT2D eigenvalue weighted by molar-refractivity contribution is 6.00. The molecule has 0 aromatic heterocycles. The van der Waals surface area contributed by atoms with Crippen molar-refractivity contribution in [2.45, 2.75) is 86.2 Å². The molecule has 0 radical (unpaired) electrons. The van der Waals surface area contributed by atoms with Gasteiger partial charge >= 0.3 is 11.9 Å². The molecule has 0 aromatic carbocycles. The maximum absolute atomic E-state index is 12.5. The lowest BCUT2D eigenvalue weighted by atomic mass is 9.65. The summed E-state index contributed by atoms with van der Waals surface area (Å²) in [7, 11) is 0. The number of ether oxygens (including phenoxy) is 1. The summed E-state index contributed by atoms with van der Waals surface area (Å²) in [6.07, 6.45) is 5.25. The van der Waals surface area contributed by atoms with Crippen molar-refractivity contribution in [1.82, 2.24) is 0 Å². The van der Waals surface area contributed by atoms with E-state index < -0.39 is 22.8 Å². The van der Waals surface area contributed by atoms with Gasteiger partial charge < -0.3 is 9.84 Å². The van der Waals surface area contributed by atoms with Gasteiger partial charge in [0.25, 0.3) is 0 Å². The normalized spacial score (nSPS) is 16.1. The van der Waals surface area contributed by atoms with Crippen LogP contribution in [0.3, 0.4) is 0 Å². The Morgan fingerprint density at radius 3 is 2.05 bits per heavy atom. The first-order valence-electron chi connectivity index (χ1n) is 8.08. The van der Waals surface area contributed by atoms with Crippen LogP contribution in [0.4, 0.5) is 0 Å². The molecule has 4 heteroatoms. The predicted molar refractivity (Wildman–Crippen MR) is 84.1 cm³/mol. The molecule has 21 heavy (non-hydrogen) atoms. The summed E-state index contributed by atoms with van der Waals surface area (Å²) in [5, 5.41) is 9.59. The smallest absolute Gasteiger partial charge is 0.324 e. The quantitative estimate of drug-likeness (QED) is 0.389. The van der Waals surface area contributed by atoms with Gasteiger partial charge in [0.05, 0.1) is 6.10 Å². The Bertz CT molecular complexity index is 343. The van der Waals surface area contributed by atoms with Gasteiger partial charge in [0.2, 0.25) is 0 Å². The van der Waals surface area contributed by atoms with Crippen LogP contribution in [0.25, 0.3) is 0 Å². The number of esters is 1. The molecule has 0 spiro atoms. The lowest BCUT2D eigenvalue weighted by Crippen LogP contribution is -2.50. The lowest BCUT2D eigenvalue weighted by Gasteiger charge is -2.38. The minimum atomic E-state index is -1.48. The lowest BCUT2D eigenvalue weighted by molar-refractivity contribution is -0.181. The van der Waals surface area contributed by atoms with Crippen molar-refractivity contribution < 1.29 is 19.4 Å². The van der Waals surface area contributed by atoms with Crippen molar-refractivity contribution in [2.24, 2.45) is 10.8 Å². The Labute approximate surface area is 129 Å². The van der Waals surface area contributed by atoms with E-state index in [2.05, 4.69) is 6.92 Å². The third-order valence-corrected chi connectivity index (χ3v) is 4.30. The molecule has 0 aromatic rings. The zero-order chi connectivity index (χ0) is 16.7. The fourth-order valence-electron chi connectivity index (χ4n) is 2.74. The van der Waals surface area contributed by atoms with Crippen molar-refractivity contribution in [1.29, 1.82) is 0 Å². The van der Waals surface area contributed by atoms with E-state index in [1.165, 1.54) is 6.42 Å². The van der Waals surface area contributed by atoms with E-state index in [-0.39, 0.29) is 12.5 Å². The first kappa shape index (κ1) is 19.9. The molecular formula is C17H32O4. The monoisotopic (exact) mass is 300 g/mol. The van der Waals surface area contributed by atoms with Crippen molar-refractivity contribution in [2.75, 3.05) is 0 Å².